The topological polar surface area (TPSA) is 90.4 Å². The molecule has 3 N–H and O–H groups in total. The van der Waals surface area contributed by atoms with E-state index < -0.39 is 5.54 Å². The zero-order valence-corrected chi connectivity index (χ0v) is 12.1. The quantitative estimate of drug-likeness (QED) is 0.855. The van der Waals surface area contributed by atoms with Crippen molar-refractivity contribution in [3.05, 3.63) is 11.8 Å². The third kappa shape index (κ3) is 1.64. The molecule has 1 aromatic heterocycles. The van der Waals surface area contributed by atoms with Gasteiger partial charge < -0.3 is 20.3 Å². The second kappa shape index (κ2) is 4.30. The summed E-state index contributed by atoms with van der Waals surface area (Å²) >= 11 is 0. The number of nitrogens with zero attached hydrogens (tertiary/aromatic N) is 1. The summed E-state index contributed by atoms with van der Waals surface area (Å²) in [6.45, 7) is 6.52. The summed E-state index contributed by atoms with van der Waals surface area (Å²) in [5.74, 6) is 0.924. The van der Waals surface area contributed by atoms with Gasteiger partial charge >= 0.3 is 0 Å². The van der Waals surface area contributed by atoms with Gasteiger partial charge in [-0.1, -0.05) is 19.0 Å². The van der Waals surface area contributed by atoms with Gasteiger partial charge in [0.05, 0.1) is 6.10 Å². The molecule has 20 heavy (non-hydrogen) atoms. The fraction of sp³-hybridized carbons (Fsp3) is 0.714. The van der Waals surface area contributed by atoms with Crippen LogP contribution in [0, 0.1) is 18.3 Å². The molecule has 3 unspecified atom stereocenters. The van der Waals surface area contributed by atoms with Crippen LogP contribution in [0.1, 0.15) is 32.4 Å². The average Bonchev–Trinajstić information content (AvgIpc) is 2.83. The fourth-order valence-electron chi connectivity index (χ4n) is 3.68. The number of fused-ring (bicyclic) bond motifs is 1. The summed E-state index contributed by atoms with van der Waals surface area (Å²) in [5.41, 5.74) is 5.17. The van der Waals surface area contributed by atoms with Gasteiger partial charge in [0.1, 0.15) is 11.3 Å². The Balaban J connectivity index is 1.82. The highest BCUT2D eigenvalue weighted by atomic mass is 16.5. The zero-order valence-electron chi connectivity index (χ0n) is 12.1. The highest BCUT2D eigenvalue weighted by Gasteiger charge is 2.70. The van der Waals surface area contributed by atoms with E-state index in [1.807, 2.05) is 13.8 Å². The van der Waals surface area contributed by atoms with Crippen LogP contribution in [0.4, 0.5) is 5.82 Å². The van der Waals surface area contributed by atoms with E-state index in [-0.39, 0.29) is 23.3 Å². The van der Waals surface area contributed by atoms with E-state index in [9.17, 15) is 4.79 Å². The maximum atomic E-state index is 12.6. The van der Waals surface area contributed by atoms with Crippen molar-refractivity contribution in [2.24, 2.45) is 17.1 Å². The highest BCUT2D eigenvalue weighted by molar-refractivity contribution is 5.99. The Hall–Kier alpha value is -1.40. The van der Waals surface area contributed by atoms with Crippen LogP contribution in [0.5, 0.6) is 0 Å². The molecule has 3 atom stereocenters. The van der Waals surface area contributed by atoms with Gasteiger partial charge in [0, 0.05) is 24.0 Å². The van der Waals surface area contributed by atoms with Crippen LogP contribution in [0.25, 0.3) is 0 Å². The first-order valence-corrected chi connectivity index (χ1v) is 7.02. The van der Waals surface area contributed by atoms with Gasteiger partial charge in [-0.3, -0.25) is 4.79 Å². The van der Waals surface area contributed by atoms with Crippen LogP contribution in [0.2, 0.25) is 0 Å². The van der Waals surface area contributed by atoms with Crippen molar-refractivity contribution in [2.75, 3.05) is 11.9 Å². The summed E-state index contributed by atoms with van der Waals surface area (Å²) in [6.07, 6.45) is 1.94. The van der Waals surface area contributed by atoms with Gasteiger partial charge in [0.2, 0.25) is 5.91 Å². The molecule has 1 aromatic rings. The standard InChI is InChI=1S/C14H21N3O3/c1-8-7-10(17-20-8)16-12(18)14(15)9-5-4-6-19-11(9)13(14,2)3/h7,9,11H,4-6,15H2,1-3H3,(H,16,17,18). The molecule has 0 bridgehead atoms. The van der Waals surface area contributed by atoms with Gasteiger partial charge in [-0.05, 0) is 19.8 Å². The van der Waals surface area contributed by atoms with Crippen molar-refractivity contribution in [2.45, 2.75) is 45.3 Å². The minimum atomic E-state index is -0.926. The molecule has 0 aromatic carbocycles. The molecule has 2 aliphatic rings. The summed E-state index contributed by atoms with van der Waals surface area (Å²) in [7, 11) is 0. The van der Waals surface area contributed by atoms with Crippen LogP contribution >= 0.6 is 0 Å². The number of carbonyl (C=O) groups excluding carboxylic acids is 1. The van der Waals surface area contributed by atoms with Gasteiger partial charge in [-0.15, -0.1) is 0 Å². The van der Waals surface area contributed by atoms with Crippen molar-refractivity contribution in [1.29, 1.82) is 0 Å². The first kappa shape index (κ1) is 13.6. The predicted octanol–water partition coefficient (Wildman–Crippen LogP) is 1.45. The van der Waals surface area contributed by atoms with Gasteiger partial charge in [0.15, 0.2) is 5.82 Å². The van der Waals surface area contributed by atoms with Gasteiger partial charge in [-0.2, -0.15) is 0 Å². The molecule has 110 valence electrons. The minimum absolute atomic E-state index is 0.0612. The van der Waals surface area contributed by atoms with Crippen molar-refractivity contribution in [3.63, 3.8) is 0 Å². The second-order valence-corrected chi connectivity index (χ2v) is 6.41. The molecular formula is C14H21N3O3. The lowest BCUT2D eigenvalue weighted by atomic mass is 9.46. The monoisotopic (exact) mass is 279 g/mol. The normalized spacial score (nSPS) is 35.0. The third-order valence-electron chi connectivity index (χ3n) is 4.93. The molecule has 1 aliphatic heterocycles. The molecule has 6 heteroatoms. The van der Waals surface area contributed by atoms with Gasteiger partial charge in [0.25, 0.3) is 0 Å². The first-order chi connectivity index (χ1) is 9.37. The smallest absolute Gasteiger partial charge is 0.246 e. The number of nitrogens with two attached hydrogens (primary N) is 1. The molecule has 1 amide bonds. The molecule has 0 radical (unpaired) electrons. The molecule has 1 saturated heterocycles. The average molecular weight is 279 g/mol. The summed E-state index contributed by atoms with van der Waals surface area (Å²) in [6, 6.07) is 1.68. The lowest BCUT2D eigenvalue weighted by Gasteiger charge is -2.65. The number of nitrogens with one attached hydrogen (secondary N) is 1. The maximum absolute atomic E-state index is 12.6. The number of aryl methyl sites for hydroxylation is 1. The summed E-state index contributed by atoms with van der Waals surface area (Å²) < 4.78 is 10.8. The number of carbonyl (C=O) groups is 1. The molecule has 6 nitrogen and oxygen atoms in total. The first-order valence-electron chi connectivity index (χ1n) is 7.02. The number of amides is 1. The Bertz CT molecular complexity index is 540. The van der Waals surface area contributed by atoms with Crippen molar-refractivity contribution >= 4 is 11.7 Å². The number of anilines is 1. The van der Waals surface area contributed by atoms with Crippen molar-refractivity contribution in [3.8, 4) is 0 Å². The number of rotatable bonds is 2. The minimum Gasteiger partial charge on any atom is -0.377 e. The molecule has 3 rings (SSSR count). The van der Waals surface area contributed by atoms with Crippen LogP contribution in [-0.2, 0) is 9.53 Å². The Morgan fingerprint density at radius 3 is 2.95 bits per heavy atom. The van der Waals surface area contributed by atoms with Crippen LogP contribution in [-0.4, -0.2) is 29.3 Å². The van der Waals surface area contributed by atoms with Crippen LogP contribution in [0.15, 0.2) is 10.6 Å². The molecule has 2 heterocycles. The SMILES string of the molecule is Cc1cc(NC(=O)C2(N)C3CCCOC3C2(C)C)no1. The van der Waals surface area contributed by atoms with E-state index in [1.165, 1.54) is 0 Å². The Morgan fingerprint density at radius 1 is 1.55 bits per heavy atom. The highest BCUT2D eigenvalue weighted by Crippen LogP contribution is 2.57. The predicted molar refractivity (Wildman–Crippen MR) is 73.0 cm³/mol. The number of ether oxygens (including phenoxy) is 1. The Kier molecular flexibility index (Phi) is 2.92. The maximum Gasteiger partial charge on any atom is 0.246 e. The van der Waals surface area contributed by atoms with E-state index in [0.717, 1.165) is 19.4 Å². The van der Waals surface area contributed by atoms with E-state index in [1.54, 1.807) is 13.0 Å². The van der Waals surface area contributed by atoms with E-state index in [4.69, 9.17) is 15.0 Å². The van der Waals surface area contributed by atoms with E-state index in [2.05, 4.69) is 10.5 Å². The molecule has 0 spiro atoms. The zero-order chi connectivity index (χ0) is 14.5. The number of aromatic nitrogens is 1. The van der Waals surface area contributed by atoms with Crippen LogP contribution < -0.4 is 11.1 Å². The number of hydrogen-bond donors (Lipinski definition) is 2. The summed E-state index contributed by atoms with van der Waals surface area (Å²) in [4.78, 5) is 12.6. The second-order valence-electron chi connectivity index (χ2n) is 6.41. The van der Waals surface area contributed by atoms with E-state index >= 15 is 0 Å². The molecule has 1 aliphatic carbocycles. The Labute approximate surface area is 118 Å². The number of hydrogen-bond acceptors (Lipinski definition) is 5. The van der Waals surface area contributed by atoms with Crippen molar-refractivity contribution < 1.29 is 14.1 Å². The van der Waals surface area contributed by atoms with E-state index in [0.29, 0.717) is 11.6 Å². The summed E-state index contributed by atoms with van der Waals surface area (Å²) in [5, 5.41) is 6.56. The largest absolute Gasteiger partial charge is 0.377 e. The lowest BCUT2D eigenvalue weighted by molar-refractivity contribution is -0.222. The molecular weight excluding hydrogens is 258 g/mol. The lowest BCUT2D eigenvalue weighted by Crippen LogP contribution is -2.81. The van der Waals surface area contributed by atoms with Gasteiger partial charge in [-0.25, -0.2) is 0 Å². The fourth-order valence-corrected chi connectivity index (χ4v) is 3.68. The third-order valence-corrected chi connectivity index (χ3v) is 4.93. The van der Waals surface area contributed by atoms with Crippen LogP contribution in [0.3, 0.4) is 0 Å². The molecule has 1 saturated carbocycles. The van der Waals surface area contributed by atoms with Crippen molar-refractivity contribution in [1.82, 2.24) is 5.16 Å². The Morgan fingerprint density at radius 2 is 2.30 bits per heavy atom. The molecule has 2 fully saturated rings.